The number of carbonyl (C=O) groups is 1. The monoisotopic (exact) mass is 400 g/mol. The van der Waals surface area contributed by atoms with Crippen molar-refractivity contribution in [1.29, 1.82) is 0 Å². The van der Waals surface area contributed by atoms with E-state index < -0.39 is 11.9 Å². The molecule has 0 aromatic heterocycles. The zero-order valence-corrected chi connectivity index (χ0v) is 19.6. The molecule has 3 atom stereocenters. The molecule has 1 aromatic rings. The van der Waals surface area contributed by atoms with Crippen LogP contribution in [0.15, 0.2) is 24.5 Å². The standard InChI is InChI=1S/C25H36O4/c1-22(2,3)15-13-17(23(4,5)6)19(18(14-15)24(7,8)9)25(21(26)27-10)16-11-12-28-20(16)29-25/h11-14,16,20H,1-10H3/t16-,20-,25+/m0/s1. The van der Waals surface area contributed by atoms with Crippen LogP contribution in [0.5, 0.6) is 0 Å². The number of carbonyl (C=O) groups excluding carboxylic acids is 1. The first-order valence-electron chi connectivity index (χ1n) is 10.4. The van der Waals surface area contributed by atoms with Gasteiger partial charge in [-0.05, 0) is 39.0 Å². The molecule has 2 heterocycles. The fourth-order valence-electron chi connectivity index (χ4n) is 4.32. The maximum absolute atomic E-state index is 13.3. The quantitative estimate of drug-likeness (QED) is 0.618. The molecule has 0 spiro atoms. The van der Waals surface area contributed by atoms with Gasteiger partial charge in [0.1, 0.15) is 0 Å². The molecule has 0 aliphatic carbocycles. The van der Waals surface area contributed by atoms with Crippen LogP contribution in [0, 0.1) is 5.92 Å². The van der Waals surface area contributed by atoms with Crippen molar-refractivity contribution >= 4 is 5.97 Å². The number of esters is 1. The zero-order valence-electron chi connectivity index (χ0n) is 19.6. The highest BCUT2D eigenvalue weighted by atomic mass is 16.7. The predicted octanol–water partition coefficient (Wildman–Crippen LogP) is 5.46. The van der Waals surface area contributed by atoms with E-state index >= 15 is 0 Å². The predicted molar refractivity (Wildman–Crippen MR) is 115 cm³/mol. The molecule has 0 saturated carbocycles. The van der Waals surface area contributed by atoms with E-state index in [1.54, 1.807) is 6.26 Å². The van der Waals surface area contributed by atoms with Crippen LogP contribution < -0.4 is 0 Å². The maximum atomic E-state index is 13.3. The molecule has 4 heteroatoms. The molecule has 1 aromatic carbocycles. The van der Waals surface area contributed by atoms with Crippen molar-refractivity contribution in [3.63, 3.8) is 0 Å². The highest BCUT2D eigenvalue weighted by molar-refractivity contribution is 5.85. The molecule has 29 heavy (non-hydrogen) atoms. The van der Waals surface area contributed by atoms with Crippen LogP contribution in [0.2, 0.25) is 0 Å². The Kier molecular flexibility index (Phi) is 4.98. The van der Waals surface area contributed by atoms with E-state index in [1.165, 1.54) is 12.7 Å². The Labute approximate surface area is 175 Å². The minimum Gasteiger partial charge on any atom is -0.472 e. The third-order valence-corrected chi connectivity index (χ3v) is 6.04. The van der Waals surface area contributed by atoms with Gasteiger partial charge < -0.3 is 14.2 Å². The van der Waals surface area contributed by atoms with Crippen molar-refractivity contribution in [2.75, 3.05) is 7.11 Å². The van der Waals surface area contributed by atoms with Gasteiger partial charge in [-0.25, -0.2) is 4.79 Å². The summed E-state index contributed by atoms with van der Waals surface area (Å²) < 4.78 is 17.1. The van der Waals surface area contributed by atoms with Crippen molar-refractivity contribution in [3.05, 3.63) is 46.7 Å². The van der Waals surface area contributed by atoms with Crippen molar-refractivity contribution in [3.8, 4) is 0 Å². The summed E-state index contributed by atoms with van der Waals surface area (Å²) >= 11 is 0. The molecular formula is C25H36O4. The number of ether oxygens (including phenoxy) is 3. The van der Waals surface area contributed by atoms with Crippen molar-refractivity contribution in [2.45, 2.75) is 90.4 Å². The van der Waals surface area contributed by atoms with Crippen LogP contribution in [0.1, 0.15) is 84.6 Å². The summed E-state index contributed by atoms with van der Waals surface area (Å²) in [5, 5.41) is 0. The summed E-state index contributed by atoms with van der Waals surface area (Å²) in [6.45, 7) is 19.8. The summed E-state index contributed by atoms with van der Waals surface area (Å²) in [5.74, 6) is -0.564. The Hall–Kier alpha value is -1.81. The summed E-state index contributed by atoms with van der Waals surface area (Å²) in [7, 11) is 1.43. The molecule has 0 unspecified atom stereocenters. The van der Waals surface area contributed by atoms with Crippen LogP contribution in [0.25, 0.3) is 0 Å². The summed E-state index contributed by atoms with van der Waals surface area (Å²) in [5.41, 5.74) is 2.87. The first-order valence-corrected chi connectivity index (χ1v) is 10.4. The van der Waals surface area contributed by atoms with Crippen molar-refractivity contribution in [2.24, 2.45) is 5.92 Å². The topological polar surface area (TPSA) is 44.8 Å². The molecule has 0 bridgehead atoms. The van der Waals surface area contributed by atoms with Gasteiger partial charge in [0.2, 0.25) is 11.9 Å². The van der Waals surface area contributed by atoms with Crippen LogP contribution in [0.4, 0.5) is 0 Å². The average molecular weight is 401 g/mol. The van der Waals surface area contributed by atoms with Crippen LogP contribution in [-0.2, 0) is 40.9 Å². The molecule has 0 radical (unpaired) electrons. The largest absolute Gasteiger partial charge is 0.472 e. The highest BCUT2D eigenvalue weighted by Crippen LogP contribution is 2.56. The third kappa shape index (κ3) is 3.39. The number of fused-ring (bicyclic) bond motifs is 1. The second kappa shape index (κ2) is 6.60. The molecule has 2 aliphatic heterocycles. The Morgan fingerprint density at radius 1 is 0.931 bits per heavy atom. The SMILES string of the molecule is COC(=O)[C@@]1(c2c(C(C)(C)C)cc(C(C)(C)C)cc2C(C)(C)C)O[C@@H]2OC=C[C@@H]21. The first kappa shape index (κ1) is 21.9. The summed E-state index contributed by atoms with van der Waals surface area (Å²) in [6, 6.07) is 4.51. The Morgan fingerprint density at radius 2 is 1.45 bits per heavy atom. The number of rotatable bonds is 2. The molecular weight excluding hydrogens is 364 g/mol. The van der Waals surface area contributed by atoms with Gasteiger partial charge in [-0.1, -0.05) is 74.4 Å². The van der Waals surface area contributed by atoms with E-state index in [0.29, 0.717) is 0 Å². The lowest BCUT2D eigenvalue weighted by molar-refractivity contribution is -0.314. The zero-order chi connectivity index (χ0) is 22.0. The molecule has 160 valence electrons. The minimum atomic E-state index is -1.19. The molecule has 0 N–H and O–H groups in total. The van der Waals surface area contributed by atoms with Gasteiger partial charge in [0.15, 0.2) is 0 Å². The van der Waals surface area contributed by atoms with Gasteiger partial charge in [0, 0.05) is 5.56 Å². The van der Waals surface area contributed by atoms with E-state index in [2.05, 4.69) is 74.4 Å². The summed E-state index contributed by atoms with van der Waals surface area (Å²) in [4.78, 5) is 13.3. The average Bonchev–Trinajstić information content (AvgIpc) is 2.94. The van der Waals surface area contributed by atoms with E-state index in [1.807, 2.05) is 6.08 Å². The van der Waals surface area contributed by atoms with Gasteiger partial charge in [-0.3, -0.25) is 0 Å². The maximum Gasteiger partial charge on any atom is 0.343 e. The van der Waals surface area contributed by atoms with Gasteiger partial charge in [0.05, 0.1) is 19.3 Å². The molecule has 1 fully saturated rings. The number of hydrogen-bond acceptors (Lipinski definition) is 4. The van der Waals surface area contributed by atoms with Crippen LogP contribution in [0.3, 0.4) is 0 Å². The molecule has 2 aliphatic rings. The van der Waals surface area contributed by atoms with Crippen LogP contribution >= 0.6 is 0 Å². The van der Waals surface area contributed by atoms with E-state index in [-0.39, 0.29) is 28.1 Å². The number of hydrogen-bond donors (Lipinski definition) is 0. The molecule has 1 saturated heterocycles. The second-order valence-electron chi connectivity index (χ2n) is 11.4. The fraction of sp³-hybridized carbons (Fsp3) is 0.640. The van der Waals surface area contributed by atoms with Crippen LogP contribution in [-0.4, -0.2) is 19.4 Å². The normalized spacial score (nSPS) is 26.6. The van der Waals surface area contributed by atoms with Gasteiger partial charge in [0.25, 0.3) is 0 Å². The van der Waals surface area contributed by atoms with E-state index in [4.69, 9.17) is 14.2 Å². The third-order valence-electron chi connectivity index (χ3n) is 6.04. The second-order valence-corrected chi connectivity index (χ2v) is 11.4. The lowest BCUT2D eigenvalue weighted by Crippen LogP contribution is -2.62. The Bertz CT molecular complexity index is 810. The number of methoxy groups -OCH3 is 1. The Balaban J connectivity index is 2.43. The van der Waals surface area contributed by atoms with Gasteiger partial charge in [-0.2, -0.15) is 0 Å². The van der Waals surface area contributed by atoms with Crippen molar-refractivity contribution < 1.29 is 19.0 Å². The highest BCUT2D eigenvalue weighted by Gasteiger charge is 2.66. The molecule has 3 rings (SSSR count). The fourth-order valence-corrected chi connectivity index (χ4v) is 4.32. The lowest BCUT2D eigenvalue weighted by Gasteiger charge is -2.51. The van der Waals surface area contributed by atoms with Crippen molar-refractivity contribution in [1.82, 2.24) is 0 Å². The Morgan fingerprint density at radius 3 is 1.83 bits per heavy atom. The minimum absolute atomic E-state index is 0.0175. The summed E-state index contributed by atoms with van der Waals surface area (Å²) in [6.07, 6.45) is 3.13. The smallest absolute Gasteiger partial charge is 0.343 e. The first-order chi connectivity index (χ1) is 13.1. The van der Waals surface area contributed by atoms with E-state index in [9.17, 15) is 4.79 Å². The van der Waals surface area contributed by atoms with E-state index in [0.717, 1.165) is 16.7 Å². The van der Waals surface area contributed by atoms with Gasteiger partial charge >= 0.3 is 5.97 Å². The lowest BCUT2D eigenvalue weighted by atomic mass is 9.64. The van der Waals surface area contributed by atoms with Gasteiger partial charge in [-0.15, -0.1) is 0 Å². The molecule has 4 nitrogen and oxygen atoms in total. The molecule has 0 amide bonds. The number of benzene rings is 1.